The van der Waals surface area contributed by atoms with Crippen LogP contribution in [0.2, 0.25) is 0 Å². The number of nitrogens with zero attached hydrogens (tertiary/aromatic N) is 1. The summed E-state index contributed by atoms with van der Waals surface area (Å²) in [5, 5.41) is 7.83. The fourth-order valence-electron chi connectivity index (χ4n) is 2.11. The van der Waals surface area contributed by atoms with Gasteiger partial charge in [0.15, 0.2) is 0 Å². The molecule has 0 radical (unpaired) electrons. The maximum atomic E-state index is 5.57. The molecule has 2 rings (SSSR count). The molecule has 0 saturated carbocycles. The highest BCUT2D eigenvalue weighted by Crippen LogP contribution is 2.10. The molecule has 0 aliphatic carbocycles. The molecular formula is C13H22N2OS. The van der Waals surface area contributed by atoms with Gasteiger partial charge in [-0.15, -0.1) is 0 Å². The van der Waals surface area contributed by atoms with E-state index < -0.39 is 0 Å². The van der Waals surface area contributed by atoms with Crippen LogP contribution in [0, 0.1) is 0 Å². The van der Waals surface area contributed by atoms with E-state index in [0.717, 1.165) is 32.8 Å². The van der Waals surface area contributed by atoms with Gasteiger partial charge in [-0.3, -0.25) is 0 Å². The molecule has 1 saturated heterocycles. The smallest absolute Gasteiger partial charge is 0.0700 e. The lowest BCUT2D eigenvalue weighted by Gasteiger charge is -2.17. The second kappa shape index (κ2) is 7.11. The van der Waals surface area contributed by atoms with Crippen molar-refractivity contribution in [3.8, 4) is 0 Å². The lowest BCUT2D eigenvalue weighted by atomic mass is 10.2. The molecule has 1 N–H and O–H groups in total. The minimum Gasteiger partial charge on any atom is -0.377 e. The average Bonchev–Trinajstić information content (AvgIpc) is 2.96. The van der Waals surface area contributed by atoms with E-state index in [1.807, 2.05) is 0 Å². The van der Waals surface area contributed by atoms with Gasteiger partial charge in [-0.05, 0) is 42.3 Å². The van der Waals surface area contributed by atoms with Crippen molar-refractivity contribution in [1.29, 1.82) is 0 Å². The molecule has 1 aromatic heterocycles. The summed E-state index contributed by atoms with van der Waals surface area (Å²) in [4.78, 5) is 2.35. The molecule has 0 bridgehead atoms. The highest BCUT2D eigenvalue weighted by atomic mass is 32.1. The zero-order valence-electron chi connectivity index (χ0n) is 10.5. The highest BCUT2D eigenvalue weighted by molar-refractivity contribution is 7.07. The lowest BCUT2D eigenvalue weighted by Crippen LogP contribution is -2.33. The van der Waals surface area contributed by atoms with E-state index in [9.17, 15) is 0 Å². The summed E-state index contributed by atoms with van der Waals surface area (Å²) in [5.74, 6) is 0. The molecule has 0 spiro atoms. The van der Waals surface area contributed by atoms with Gasteiger partial charge in [-0.1, -0.05) is 0 Å². The highest BCUT2D eigenvalue weighted by Gasteiger charge is 2.14. The Bertz CT molecular complexity index is 296. The summed E-state index contributed by atoms with van der Waals surface area (Å²) < 4.78 is 5.57. The SMILES string of the molecule is CN(CCNCC1CCCO1)Cc1ccsc1. The Morgan fingerprint density at radius 2 is 2.53 bits per heavy atom. The third kappa shape index (κ3) is 4.76. The largest absolute Gasteiger partial charge is 0.377 e. The molecule has 3 nitrogen and oxygen atoms in total. The van der Waals surface area contributed by atoms with Gasteiger partial charge < -0.3 is 15.0 Å². The third-order valence-corrected chi connectivity index (χ3v) is 3.83. The number of rotatable bonds is 7. The van der Waals surface area contributed by atoms with Crippen LogP contribution in [-0.4, -0.2) is 44.3 Å². The van der Waals surface area contributed by atoms with Crippen LogP contribution in [0.25, 0.3) is 0 Å². The van der Waals surface area contributed by atoms with Gasteiger partial charge >= 0.3 is 0 Å². The second-order valence-electron chi connectivity index (χ2n) is 4.71. The monoisotopic (exact) mass is 254 g/mol. The Balaban J connectivity index is 1.52. The summed E-state index contributed by atoms with van der Waals surface area (Å²) in [6, 6.07) is 2.20. The zero-order valence-corrected chi connectivity index (χ0v) is 11.3. The van der Waals surface area contributed by atoms with Crippen molar-refractivity contribution in [2.75, 3.05) is 33.3 Å². The molecule has 1 aliphatic heterocycles. The Labute approximate surface area is 108 Å². The van der Waals surface area contributed by atoms with Crippen LogP contribution in [0.15, 0.2) is 16.8 Å². The van der Waals surface area contributed by atoms with Crippen molar-refractivity contribution in [2.45, 2.75) is 25.5 Å². The van der Waals surface area contributed by atoms with Gasteiger partial charge in [-0.2, -0.15) is 11.3 Å². The van der Waals surface area contributed by atoms with Gasteiger partial charge in [0, 0.05) is 32.8 Å². The molecule has 0 aromatic carbocycles. The minimum atomic E-state index is 0.456. The number of hydrogen-bond acceptors (Lipinski definition) is 4. The molecule has 4 heteroatoms. The van der Waals surface area contributed by atoms with Crippen molar-refractivity contribution in [1.82, 2.24) is 10.2 Å². The van der Waals surface area contributed by atoms with E-state index >= 15 is 0 Å². The van der Waals surface area contributed by atoms with Crippen molar-refractivity contribution >= 4 is 11.3 Å². The molecule has 96 valence electrons. The van der Waals surface area contributed by atoms with E-state index in [0.29, 0.717) is 6.10 Å². The first-order chi connectivity index (χ1) is 8.34. The van der Waals surface area contributed by atoms with E-state index in [4.69, 9.17) is 4.74 Å². The summed E-state index contributed by atoms with van der Waals surface area (Å²) in [6.45, 7) is 5.13. The molecular weight excluding hydrogens is 232 g/mol. The van der Waals surface area contributed by atoms with Crippen molar-refractivity contribution in [3.05, 3.63) is 22.4 Å². The summed E-state index contributed by atoms with van der Waals surface area (Å²) >= 11 is 1.77. The first kappa shape index (κ1) is 13.0. The van der Waals surface area contributed by atoms with Crippen LogP contribution in [0.3, 0.4) is 0 Å². The molecule has 17 heavy (non-hydrogen) atoms. The molecule has 1 atom stereocenters. The standard InChI is InChI=1S/C13H22N2OS/c1-15(10-12-4-8-17-11-12)6-5-14-9-13-3-2-7-16-13/h4,8,11,13-14H,2-3,5-7,9-10H2,1H3. The molecule has 1 fully saturated rings. The quantitative estimate of drug-likeness (QED) is 0.753. The first-order valence-corrected chi connectivity index (χ1v) is 7.31. The molecule has 1 aliphatic rings. The Kier molecular flexibility index (Phi) is 5.45. The lowest BCUT2D eigenvalue weighted by molar-refractivity contribution is 0.109. The number of hydrogen-bond donors (Lipinski definition) is 1. The van der Waals surface area contributed by atoms with Crippen LogP contribution >= 0.6 is 11.3 Å². The fourth-order valence-corrected chi connectivity index (χ4v) is 2.77. The number of ether oxygens (including phenoxy) is 1. The predicted octanol–water partition coefficient (Wildman–Crippen LogP) is 1.95. The van der Waals surface area contributed by atoms with E-state index in [1.54, 1.807) is 11.3 Å². The summed E-state index contributed by atoms with van der Waals surface area (Å²) in [5.41, 5.74) is 1.41. The molecule has 0 amide bonds. The fraction of sp³-hybridized carbons (Fsp3) is 0.692. The van der Waals surface area contributed by atoms with Crippen LogP contribution in [0.1, 0.15) is 18.4 Å². The minimum absolute atomic E-state index is 0.456. The van der Waals surface area contributed by atoms with Gasteiger partial charge in [0.2, 0.25) is 0 Å². The Hall–Kier alpha value is -0.420. The predicted molar refractivity (Wildman–Crippen MR) is 72.5 cm³/mol. The van der Waals surface area contributed by atoms with Crippen LogP contribution in [0.4, 0.5) is 0 Å². The summed E-state index contributed by atoms with van der Waals surface area (Å²) in [7, 11) is 2.17. The Morgan fingerprint density at radius 3 is 3.24 bits per heavy atom. The number of likely N-dealkylation sites (N-methyl/N-ethyl adjacent to an activating group) is 1. The van der Waals surface area contributed by atoms with Gasteiger partial charge in [0.05, 0.1) is 6.10 Å². The van der Waals surface area contributed by atoms with Gasteiger partial charge in [-0.25, -0.2) is 0 Å². The molecule has 2 heterocycles. The maximum Gasteiger partial charge on any atom is 0.0700 e. The van der Waals surface area contributed by atoms with E-state index in [-0.39, 0.29) is 0 Å². The third-order valence-electron chi connectivity index (χ3n) is 3.10. The molecule has 1 aromatic rings. The molecule has 1 unspecified atom stereocenters. The average molecular weight is 254 g/mol. The van der Waals surface area contributed by atoms with Crippen molar-refractivity contribution in [3.63, 3.8) is 0 Å². The maximum absolute atomic E-state index is 5.57. The zero-order chi connectivity index (χ0) is 11.9. The van der Waals surface area contributed by atoms with Crippen LogP contribution in [0.5, 0.6) is 0 Å². The second-order valence-corrected chi connectivity index (χ2v) is 5.49. The van der Waals surface area contributed by atoms with Crippen LogP contribution < -0.4 is 5.32 Å². The van der Waals surface area contributed by atoms with Crippen molar-refractivity contribution in [2.24, 2.45) is 0 Å². The van der Waals surface area contributed by atoms with Gasteiger partial charge in [0.1, 0.15) is 0 Å². The Morgan fingerprint density at radius 1 is 1.59 bits per heavy atom. The van der Waals surface area contributed by atoms with E-state index in [2.05, 4.69) is 34.1 Å². The van der Waals surface area contributed by atoms with E-state index in [1.165, 1.54) is 18.4 Å². The normalized spacial score (nSPS) is 20.2. The number of nitrogens with one attached hydrogen (secondary N) is 1. The summed E-state index contributed by atoms with van der Waals surface area (Å²) in [6.07, 6.45) is 2.90. The first-order valence-electron chi connectivity index (χ1n) is 6.36. The van der Waals surface area contributed by atoms with Crippen LogP contribution in [-0.2, 0) is 11.3 Å². The van der Waals surface area contributed by atoms with Gasteiger partial charge in [0.25, 0.3) is 0 Å². The number of thiophene rings is 1. The van der Waals surface area contributed by atoms with Crippen molar-refractivity contribution < 1.29 is 4.74 Å². The topological polar surface area (TPSA) is 24.5 Å².